The summed E-state index contributed by atoms with van der Waals surface area (Å²) >= 11 is 3.34. The lowest BCUT2D eigenvalue weighted by Crippen LogP contribution is -1.99. The Kier molecular flexibility index (Phi) is 2.45. The average Bonchev–Trinajstić information content (AvgIpc) is 2.61. The second kappa shape index (κ2) is 3.75. The van der Waals surface area contributed by atoms with Crippen molar-refractivity contribution in [1.82, 2.24) is 9.55 Å². The van der Waals surface area contributed by atoms with Gasteiger partial charge in [-0.15, -0.1) is 0 Å². The summed E-state index contributed by atoms with van der Waals surface area (Å²) < 4.78 is 2.51. The Morgan fingerprint density at radius 3 is 2.64 bits per heavy atom. The molecular formula is C10H7BrN2O. The van der Waals surface area contributed by atoms with Gasteiger partial charge in [-0.2, -0.15) is 0 Å². The van der Waals surface area contributed by atoms with Gasteiger partial charge in [-0.05, 0) is 28.1 Å². The van der Waals surface area contributed by atoms with E-state index >= 15 is 0 Å². The fourth-order valence-corrected chi connectivity index (χ4v) is 1.75. The predicted octanol–water partition coefficient (Wildman–Crippen LogP) is 2.45. The van der Waals surface area contributed by atoms with Crippen LogP contribution in [0.25, 0.3) is 5.69 Å². The minimum absolute atomic E-state index is 0.392. The highest BCUT2D eigenvalue weighted by atomic mass is 79.9. The van der Waals surface area contributed by atoms with Gasteiger partial charge in [0.25, 0.3) is 0 Å². The molecule has 2 aromatic rings. The Hall–Kier alpha value is -1.42. The van der Waals surface area contributed by atoms with E-state index in [0.717, 1.165) is 16.6 Å². The maximum Gasteiger partial charge on any atom is 0.185 e. The lowest BCUT2D eigenvalue weighted by atomic mass is 10.3. The Morgan fingerprint density at radius 2 is 2.00 bits per heavy atom. The highest BCUT2D eigenvalue weighted by Crippen LogP contribution is 2.18. The second-order valence-corrected chi connectivity index (χ2v) is 3.54. The van der Waals surface area contributed by atoms with Crippen molar-refractivity contribution in [3.63, 3.8) is 0 Å². The van der Waals surface area contributed by atoms with Gasteiger partial charge in [-0.3, -0.25) is 9.36 Å². The normalized spacial score (nSPS) is 10.1. The van der Waals surface area contributed by atoms with E-state index in [2.05, 4.69) is 20.9 Å². The Labute approximate surface area is 89.5 Å². The minimum atomic E-state index is 0.392. The van der Waals surface area contributed by atoms with Crippen LogP contribution in [-0.2, 0) is 0 Å². The van der Waals surface area contributed by atoms with Crippen LogP contribution in [0.5, 0.6) is 0 Å². The van der Waals surface area contributed by atoms with E-state index in [-0.39, 0.29) is 0 Å². The van der Waals surface area contributed by atoms with Gasteiger partial charge in [0.05, 0.1) is 6.20 Å². The molecule has 4 heteroatoms. The molecule has 0 unspecified atom stereocenters. The molecule has 0 saturated heterocycles. The van der Waals surface area contributed by atoms with Crippen molar-refractivity contribution < 1.29 is 4.79 Å². The Balaban J connectivity index is 2.61. The van der Waals surface area contributed by atoms with Crippen molar-refractivity contribution in [1.29, 1.82) is 0 Å². The molecule has 0 amide bonds. The fraction of sp³-hybridized carbons (Fsp3) is 0. The number of aldehydes is 1. The van der Waals surface area contributed by atoms with Crippen molar-refractivity contribution in [2.24, 2.45) is 0 Å². The lowest BCUT2D eigenvalue weighted by molar-refractivity contribution is 0.111. The SMILES string of the molecule is O=Cc1ncc(Br)n1-c1ccccc1. The molecule has 70 valence electrons. The number of halogens is 1. The van der Waals surface area contributed by atoms with E-state index in [0.29, 0.717) is 5.82 Å². The molecule has 0 spiro atoms. The van der Waals surface area contributed by atoms with Crippen molar-refractivity contribution in [3.05, 3.63) is 47.0 Å². The van der Waals surface area contributed by atoms with E-state index < -0.39 is 0 Å². The summed E-state index contributed by atoms with van der Waals surface area (Å²) in [7, 11) is 0. The standard InChI is InChI=1S/C10H7BrN2O/c11-9-6-12-10(7-14)13(9)8-4-2-1-3-5-8/h1-7H. The number of para-hydroxylation sites is 1. The number of carbonyl (C=O) groups is 1. The number of imidazole rings is 1. The van der Waals surface area contributed by atoms with Gasteiger partial charge in [-0.25, -0.2) is 4.98 Å². The second-order valence-electron chi connectivity index (χ2n) is 2.73. The van der Waals surface area contributed by atoms with E-state index in [4.69, 9.17) is 0 Å². The van der Waals surface area contributed by atoms with Crippen LogP contribution in [0.2, 0.25) is 0 Å². The molecule has 0 aliphatic carbocycles. The van der Waals surface area contributed by atoms with Crippen molar-refractivity contribution in [2.45, 2.75) is 0 Å². The zero-order chi connectivity index (χ0) is 9.97. The fourth-order valence-electron chi connectivity index (χ4n) is 1.26. The molecule has 1 aromatic heterocycles. The molecule has 0 atom stereocenters. The third-order valence-electron chi connectivity index (χ3n) is 1.87. The first-order valence-corrected chi connectivity index (χ1v) is 4.86. The number of benzene rings is 1. The molecule has 0 N–H and O–H groups in total. The molecule has 14 heavy (non-hydrogen) atoms. The molecule has 2 rings (SSSR count). The van der Waals surface area contributed by atoms with Crippen molar-refractivity contribution in [3.8, 4) is 5.69 Å². The summed E-state index contributed by atoms with van der Waals surface area (Å²) in [6.45, 7) is 0. The summed E-state index contributed by atoms with van der Waals surface area (Å²) in [4.78, 5) is 14.7. The summed E-state index contributed by atoms with van der Waals surface area (Å²) in [5.74, 6) is 0.392. The monoisotopic (exact) mass is 250 g/mol. The summed E-state index contributed by atoms with van der Waals surface area (Å²) in [6, 6.07) is 9.58. The molecule has 0 saturated carbocycles. The van der Waals surface area contributed by atoms with E-state index in [1.54, 1.807) is 10.8 Å². The number of carbonyl (C=O) groups excluding carboxylic acids is 1. The van der Waals surface area contributed by atoms with Crippen LogP contribution in [0, 0.1) is 0 Å². The molecule has 1 heterocycles. The van der Waals surface area contributed by atoms with Crippen LogP contribution in [0.3, 0.4) is 0 Å². The third-order valence-corrected chi connectivity index (χ3v) is 2.43. The summed E-state index contributed by atoms with van der Waals surface area (Å²) in [5.41, 5.74) is 0.916. The lowest BCUT2D eigenvalue weighted by Gasteiger charge is -2.04. The molecule has 0 radical (unpaired) electrons. The van der Waals surface area contributed by atoms with Gasteiger partial charge in [0, 0.05) is 5.69 Å². The number of rotatable bonds is 2. The van der Waals surface area contributed by atoms with Gasteiger partial charge in [0.2, 0.25) is 0 Å². The molecule has 1 aromatic carbocycles. The molecule has 0 aliphatic heterocycles. The predicted molar refractivity (Wildman–Crippen MR) is 56.7 cm³/mol. The minimum Gasteiger partial charge on any atom is -0.294 e. The smallest absolute Gasteiger partial charge is 0.185 e. The number of hydrogen-bond acceptors (Lipinski definition) is 2. The Morgan fingerprint density at radius 1 is 1.29 bits per heavy atom. The van der Waals surface area contributed by atoms with E-state index in [1.165, 1.54) is 0 Å². The van der Waals surface area contributed by atoms with E-state index in [1.807, 2.05) is 30.3 Å². The van der Waals surface area contributed by atoms with E-state index in [9.17, 15) is 4.79 Å². The maximum absolute atomic E-state index is 10.7. The molecular weight excluding hydrogens is 244 g/mol. The van der Waals surface area contributed by atoms with Crippen LogP contribution in [0.1, 0.15) is 10.6 Å². The summed E-state index contributed by atoms with van der Waals surface area (Å²) in [5, 5.41) is 0. The third kappa shape index (κ3) is 1.48. The molecule has 0 bridgehead atoms. The van der Waals surface area contributed by atoms with Gasteiger partial charge in [0.1, 0.15) is 4.60 Å². The van der Waals surface area contributed by atoms with Crippen LogP contribution >= 0.6 is 15.9 Å². The quantitative estimate of drug-likeness (QED) is 0.768. The zero-order valence-corrected chi connectivity index (χ0v) is 8.81. The van der Waals surface area contributed by atoms with Crippen LogP contribution < -0.4 is 0 Å². The summed E-state index contributed by atoms with van der Waals surface area (Å²) in [6.07, 6.45) is 2.34. The number of nitrogens with zero attached hydrogens (tertiary/aromatic N) is 2. The highest BCUT2D eigenvalue weighted by Gasteiger charge is 2.07. The first-order chi connectivity index (χ1) is 6.83. The van der Waals surface area contributed by atoms with Crippen molar-refractivity contribution in [2.75, 3.05) is 0 Å². The maximum atomic E-state index is 10.7. The zero-order valence-electron chi connectivity index (χ0n) is 7.22. The first-order valence-electron chi connectivity index (χ1n) is 4.07. The topological polar surface area (TPSA) is 34.9 Å². The van der Waals surface area contributed by atoms with Crippen LogP contribution in [0.15, 0.2) is 41.1 Å². The van der Waals surface area contributed by atoms with Gasteiger partial charge in [0.15, 0.2) is 12.1 Å². The van der Waals surface area contributed by atoms with Crippen LogP contribution in [-0.4, -0.2) is 15.8 Å². The first kappa shape index (κ1) is 9.15. The van der Waals surface area contributed by atoms with Gasteiger partial charge in [-0.1, -0.05) is 18.2 Å². The van der Waals surface area contributed by atoms with Crippen LogP contribution in [0.4, 0.5) is 0 Å². The molecule has 3 nitrogen and oxygen atoms in total. The Bertz CT molecular complexity index is 450. The average molecular weight is 251 g/mol. The largest absolute Gasteiger partial charge is 0.294 e. The van der Waals surface area contributed by atoms with Gasteiger partial charge >= 0.3 is 0 Å². The van der Waals surface area contributed by atoms with Crippen molar-refractivity contribution >= 4 is 22.2 Å². The molecule has 0 aliphatic rings. The highest BCUT2D eigenvalue weighted by molar-refractivity contribution is 9.10. The van der Waals surface area contributed by atoms with Gasteiger partial charge < -0.3 is 0 Å². The number of hydrogen-bond donors (Lipinski definition) is 0. The number of aromatic nitrogens is 2. The molecule has 0 fully saturated rings.